The zero-order valence-corrected chi connectivity index (χ0v) is 13.8. The van der Waals surface area contributed by atoms with Crippen LogP contribution in [0.3, 0.4) is 0 Å². The Morgan fingerprint density at radius 1 is 1.21 bits per heavy atom. The molecule has 24 heavy (non-hydrogen) atoms. The van der Waals surface area contributed by atoms with Gasteiger partial charge in [0, 0.05) is 12.7 Å². The van der Waals surface area contributed by atoms with Gasteiger partial charge in [-0.3, -0.25) is 19.7 Å². The normalized spacial score (nSPS) is 16.4. The van der Waals surface area contributed by atoms with Crippen LogP contribution in [0.5, 0.6) is 0 Å². The van der Waals surface area contributed by atoms with Gasteiger partial charge in [-0.15, -0.1) is 0 Å². The maximum Gasteiger partial charge on any atom is 0.322 e. The van der Waals surface area contributed by atoms with Crippen LogP contribution in [-0.2, 0) is 14.4 Å². The number of para-hydroxylation sites is 1. The Morgan fingerprint density at radius 2 is 1.83 bits per heavy atom. The number of nitrogens with zero attached hydrogens (tertiary/aromatic N) is 1. The van der Waals surface area contributed by atoms with E-state index in [1.807, 2.05) is 32.0 Å². The van der Waals surface area contributed by atoms with Gasteiger partial charge in [0.15, 0.2) is 0 Å². The first kappa shape index (κ1) is 17.5. The Hall–Kier alpha value is -2.90. The van der Waals surface area contributed by atoms with Crippen LogP contribution in [0.2, 0.25) is 0 Å². The number of rotatable bonds is 5. The highest BCUT2D eigenvalue weighted by Crippen LogP contribution is 2.19. The number of likely N-dealkylation sites (N-methyl/N-ethyl adjacent to an activating group) is 1. The average molecular weight is 332 g/mol. The van der Waals surface area contributed by atoms with E-state index in [9.17, 15) is 19.2 Å². The number of imide groups is 1. The van der Waals surface area contributed by atoms with Crippen molar-refractivity contribution in [3.05, 3.63) is 29.3 Å². The molecule has 0 saturated carbocycles. The second kappa shape index (κ2) is 7.12. The Morgan fingerprint density at radius 3 is 2.38 bits per heavy atom. The fraction of sp³-hybridized carbons (Fsp3) is 0.375. The van der Waals surface area contributed by atoms with Crippen LogP contribution >= 0.6 is 0 Å². The Labute approximate surface area is 139 Å². The zero-order chi connectivity index (χ0) is 17.9. The second-order valence-electron chi connectivity index (χ2n) is 5.78. The van der Waals surface area contributed by atoms with Crippen molar-refractivity contribution in [2.45, 2.75) is 26.3 Å². The summed E-state index contributed by atoms with van der Waals surface area (Å²) in [6, 6.07) is 4.16. The lowest BCUT2D eigenvalue weighted by atomic mass is 10.1. The number of hydrogen-bond donors (Lipinski definition) is 3. The Bertz CT molecular complexity index is 681. The molecule has 1 aromatic rings. The van der Waals surface area contributed by atoms with E-state index in [0.717, 1.165) is 16.8 Å². The van der Waals surface area contributed by atoms with E-state index in [1.165, 1.54) is 11.9 Å². The predicted octanol–water partition coefficient (Wildman–Crippen LogP) is 0.298. The number of amides is 5. The van der Waals surface area contributed by atoms with Crippen molar-refractivity contribution in [2.24, 2.45) is 0 Å². The van der Waals surface area contributed by atoms with Gasteiger partial charge in [0.05, 0.1) is 13.0 Å². The van der Waals surface area contributed by atoms with Crippen molar-refractivity contribution >= 4 is 29.4 Å². The van der Waals surface area contributed by atoms with Crippen molar-refractivity contribution in [2.75, 3.05) is 18.9 Å². The SMILES string of the molecule is Cc1cccc(C)c1NC(=O)CN(C)C(=O)CC1NC(=O)NC1=O. The van der Waals surface area contributed by atoms with E-state index in [1.54, 1.807) is 0 Å². The molecule has 1 aliphatic rings. The fourth-order valence-corrected chi connectivity index (χ4v) is 2.43. The minimum atomic E-state index is -0.894. The minimum Gasteiger partial charge on any atom is -0.336 e. The molecule has 1 heterocycles. The molecule has 1 saturated heterocycles. The van der Waals surface area contributed by atoms with Gasteiger partial charge in [-0.1, -0.05) is 18.2 Å². The third-order valence-corrected chi connectivity index (χ3v) is 3.79. The molecular formula is C16H20N4O4. The molecule has 1 aromatic carbocycles. The van der Waals surface area contributed by atoms with Crippen molar-refractivity contribution in [3.8, 4) is 0 Å². The van der Waals surface area contributed by atoms with Gasteiger partial charge in [0.25, 0.3) is 5.91 Å². The molecule has 1 unspecified atom stereocenters. The maximum atomic E-state index is 12.1. The molecule has 0 spiro atoms. The van der Waals surface area contributed by atoms with E-state index < -0.39 is 23.9 Å². The molecule has 0 aromatic heterocycles. The highest BCUT2D eigenvalue weighted by molar-refractivity contribution is 6.06. The first-order valence-electron chi connectivity index (χ1n) is 7.49. The summed E-state index contributed by atoms with van der Waals surface area (Å²) in [4.78, 5) is 47.9. The monoisotopic (exact) mass is 332 g/mol. The molecule has 1 fully saturated rings. The standard InChI is InChI=1S/C16H20N4O4/c1-9-5-4-6-10(2)14(9)18-12(21)8-20(3)13(22)7-11-15(23)19-16(24)17-11/h4-6,11H,7-8H2,1-3H3,(H,18,21)(H2,17,19,23,24). The molecule has 1 aliphatic heterocycles. The van der Waals surface area contributed by atoms with Crippen molar-refractivity contribution in [1.29, 1.82) is 0 Å². The topological polar surface area (TPSA) is 108 Å². The van der Waals surface area contributed by atoms with Gasteiger partial charge < -0.3 is 15.5 Å². The quantitative estimate of drug-likeness (QED) is 0.674. The molecule has 0 bridgehead atoms. The van der Waals surface area contributed by atoms with Crippen LogP contribution < -0.4 is 16.0 Å². The molecule has 8 heteroatoms. The van der Waals surface area contributed by atoms with Crippen molar-refractivity contribution < 1.29 is 19.2 Å². The fourth-order valence-electron chi connectivity index (χ4n) is 2.43. The van der Waals surface area contributed by atoms with Crippen molar-refractivity contribution in [3.63, 3.8) is 0 Å². The lowest BCUT2D eigenvalue weighted by Gasteiger charge is -2.19. The third kappa shape index (κ3) is 4.09. The number of carbonyl (C=O) groups excluding carboxylic acids is 4. The summed E-state index contributed by atoms with van der Waals surface area (Å²) < 4.78 is 0. The van der Waals surface area contributed by atoms with Gasteiger partial charge in [0.1, 0.15) is 6.04 Å². The Balaban J connectivity index is 1.90. The summed E-state index contributed by atoms with van der Waals surface area (Å²) in [5.74, 6) is -1.28. The lowest BCUT2D eigenvalue weighted by Crippen LogP contribution is -2.40. The van der Waals surface area contributed by atoms with Crippen molar-refractivity contribution in [1.82, 2.24) is 15.5 Å². The summed E-state index contributed by atoms with van der Waals surface area (Å²) in [6.45, 7) is 3.63. The summed E-state index contributed by atoms with van der Waals surface area (Å²) in [7, 11) is 1.47. The second-order valence-corrected chi connectivity index (χ2v) is 5.78. The summed E-state index contributed by atoms with van der Waals surface area (Å²) in [6.07, 6.45) is -0.190. The molecule has 3 N–H and O–H groups in total. The number of anilines is 1. The summed E-state index contributed by atoms with van der Waals surface area (Å²) in [5.41, 5.74) is 2.59. The molecule has 0 aliphatic carbocycles. The molecule has 5 amide bonds. The van der Waals surface area contributed by atoms with E-state index in [-0.39, 0.29) is 18.9 Å². The van der Waals surface area contributed by atoms with Crippen LogP contribution in [0.25, 0.3) is 0 Å². The minimum absolute atomic E-state index is 0.144. The Kier molecular flexibility index (Phi) is 5.18. The van der Waals surface area contributed by atoms with Crippen LogP contribution in [-0.4, -0.2) is 48.3 Å². The van der Waals surface area contributed by atoms with Gasteiger partial charge >= 0.3 is 6.03 Å². The van der Waals surface area contributed by atoms with Gasteiger partial charge in [0.2, 0.25) is 11.8 Å². The highest BCUT2D eigenvalue weighted by atomic mass is 16.2. The number of urea groups is 1. The highest BCUT2D eigenvalue weighted by Gasteiger charge is 2.32. The van der Waals surface area contributed by atoms with Crippen LogP contribution in [0.1, 0.15) is 17.5 Å². The summed E-state index contributed by atoms with van der Waals surface area (Å²) in [5, 5.41) is 7.20. The average Bonchev–Trinajstić information content (AvgIpc) is 2.80. The first-order valence-corrected chi connectivity index (χ1v) is 7.49. The lowest BCUT2D eigenvalue weighted by molar-refractivity contribution is -0.135. The van der Waals surface area contributed by atoms with Gasteiger partial charge in [-0.05, 0) is 25.0 Å². The van der Waals surface area contributed by atoms with Gasteiger partial charge in [-0.25, -0.2) is 4.79 Å². The largest absolute Gasteiger partial charge is 0.336 e. The predicted molar refractivity (Wildman–Crippen MR) is 87.3 cm³/mol. The number of hydrogen-bond acceptors (Lipinski definition) is 4. The van der Waals surface area contributed by atoms with Gasteiger partial charge in [-0.2, -0.15) is 0 Å². The van der Waals surface area contributed by atoms with Crippen LogP contribution in [0.4, 0.5) is 10.5 Å². The maximum absolute atomic E-state index is 12.1. The molecule has 128 valence electrons. The molecule has 8 nitrogen and oxygen atoms in total. The number of carbonyl (C=O) groups is 4. The molecule has 0 radical (unpaired) electrons. The molecule has 2 rings (SSSR count). The summed E-state index contributed by atoms with van der Waals surface area (Å²) >= 11 is 0. The molecular weight excluding hydrogens is 312 g/mol. The van der Waals surface area contributed by atoms with E-state index in [4.69, 9.17) is 0 Å². The van der Waals surface area contributed by atoms with Crippen LogP contribution in [0.15, 0.2) is 18.2 Å². The van der Waals surface area contributed by atoms with E-state index in [0.29, 0.717) is 0 Å². The zero-order valence-electron chi connectivity index (χ0n) is 13.8. The molecule has 1 atom stereocenters. The number of aryl methyl sites for hydroxylation is 2. The number of benzene rings is 1. The number of nitrogens with one attached hydrogen (secondary N) is 3. The van der Waals surface area contributed by atoms with E-state index in [2.05, 4.69) is 16.0 Å². The van der Waals surface area contributed by atoms with E-state index >= 15 is 0 Å². The first-order chi connectivity index (χ1) is 11.3. The third-order valence-electron chi connectivity index (χ3n) is 3.79. The van der Waals surface area contributed by atoms with Crippen LogP contribution in [0, 0.1) is 13.8 Å². The smallest absolute Gasteiger partial charge is 0.322 e.